The second-order valence-corrected chi connectivity index (χ2v) is 9.84. The topological polar surface area (TPSA) is 80.5 Å². The van der Waals surface area contributed by atoms with E-state index in [1.54, 1.807) is 22.7 Å². The van der Waals surface area contributed by atoms with Gasteiger partial charge in [-0.1, -0.05) is 12.1 Å². The van der Waals surface area contributed by atoms with Crippen LogP contribution in [-0.2, 0) is 11.3 Å². The Morgan fingerprint density at radius 3 is 2.85 bits per heavy atom. The molecule has 0 radical (unpaired) electrons. The average Bonchev–Trinajstić information content (AvgIpc) is 3.59. The van der Waals surface area contributed by atoms with Gasteiger partial charge in [0.05, 0.1) is 31.2 Å². The van der Waals surface area contributed by atoms with Gasteiger partial charge in [0, 0.05) is 35.1 Å². The molecule has 10 heteroatoms. The van der Waals surface area contributed by atoms with Crippen molar-refractivity contribution < 1.29 is 4.74 Å². The zero-order valence-electron chi connectivity index (χ0n) is 18.1. The fourth-order valence-electron chi connectivity index (χ4n) is 4.16. The Hall–Kier alpha value is -2.92. The van der Waals surface area contributed by atoms with Gasteiger partial charge in [0.15, 0.2) is 11.5 Å². The number of hydrogen-bond acceptors (Lipinski definition) is 9. The first-order valence-corrected chi connectivity index (χ1v) is 12.7. The number of ether oxygens (including phenoxy) is 1. The summed E-state index contributed by atoms with van der Waals surface area (Å²) in [5.74, 6) is 2.51. The first-order chi connectivity index (χ1) is 16.3. The van der Waals surface area contributed by atoms with Crippen LogP contribution >= 0.6 is 22.7 Å². The molecule has 168 valence electrons. The van der Waals surface area contributed by atoms with Crippen LogP contribution in [0.1, 0.15) is 24.6 Å². The molecule has 1 atom stereocenters. The molecular weight excluding hydrogens is 454 g/mol. The Kier molecular flexibility index (Phi) is 5.50. The lowest BCUT2D eigenvalue weighted by molar-refractivity contribution is 0.0331. The predicted octanol–water partition coefficient (Wildman–Crippen LogP) is 4.47. The highest BCUT2D eigenvalue weighted by molar-refractivity contribution is 7.18. The van der Waals surface area contributed by atoms with Crippen molar-refractivity contribution >= 4 is 44.4 Å². The summed E-state index contributed by atoms with van der Waals surface area (Å²) < 4.78 is 7.51. The Balaban J connectivity index is 1.41. The lowest BCUT2D eigenvalue weighted by atomic mass is 10.2. The van der Waals surface area contributed by atoms with Gasteiger partial charge in [-0.15, -0.1) is 32.9 Å². The van der Waals surface area contributed by atoms with E-state index in [0.717, 1.165) is 59.6 Å². The van der Waals surface area contributed by atoms with E-state index in [9.17, 15) is 0 Å². The highest BCUT2D eigenvalue weighted by atomic mass is 32.1. The van der Waals surface area contributed by atoms with Crippen molar-refractivity contribution in [1.29, 1.82) is 0 Å². The average molecular weight is 478 g/mol. The molecule has 0 bridgehead atoms. The van der Waals surface area contributed by atoms with Gasteiger partial charge < -0.3 is 10.1 Å². The molecule has 6 heterocycles. The lowest BCUT2D eigenvalue weighted by Crippen LogP contribution is -2.36. The number of pyridine rings is 1. The number of hydrogen-bond donors (Lipinski definition) is 1. The summed E-state index contributed by atoms with van der Waals surface area (Å²) in [6.07, 6.45) is 1.99. The lowest BCUT2D eigenvalue weighted by Gasteiger charge is -2.26. The van der Waals surface area contributed by atoms with Crippen molar-refractivity contribution in [2.24, 2.45) is 0 Å². The number of anilines is 1. The molecule has 0 aliphatic carbocycles. The monoisotopic (exact) mass is 477 g/mol. The second-order valence-electron chi connectivity index (χ2n) is 8.04. The third-order valence-electron chi connectivity index (χ3n) is 5.82. The molecular formula is C23H23N7OS2. The van der Waals surface area contributed by atoms with Gasteiger partial charge in [-0.25, -0.2) is 9.97 Å². The van der Waals surface area contributed by atoms with Crippen molar-refractivity contribution in [3.63, 3.8) is 0 Å². The van der Waals surface area contributed by atoms with Crippen molar-refractivity contribution in [2.75, 3.05) is 31.6 Å². The van der Waals surface area contributed by atoms with Crippen LogP contribution in [0.5, 0.6) is 0 Å². The van der Waals surface area contributed by atoms with Gasteiger partial charge in [0.1, 0.15) is 16.5 Å². The second kappa shape index (κ2) is 8.79. The van der Waals surface area contributed by atoms with Crippen molar-refractivity contribution in [1.82, 2.24) is 29.5 Å². The molecule has 1 fully saturated rings. The van der Waals surface area contributed by atoms with Gasteiger partial charge in [-0.3, -0.25) is 9.30 Å². The minimum absolute atomic E-state index is 0.0900. The summed E-state index contributed by atoms with van der Waals surface area (Å²) in [4.78, 5) is 14.5. The quantitative estimate of drug-likeness (QED) is 0.386. The fourth-order valence-corrected chi connectivity index (χ4v) is 5.94. The zero-order chi connectivity index (χ0) is 22.2. The highest BCUT2D eigenvalue weighted by Gasteiger charge is 2.21. The number of thiophene rings is 2. The van der Waals surface area contributed by atoms with Crippen LogP contribution in [0, 0.1) is 0 Å². The van der Waals surface area contributed by atoms with E-state index in [4.69, 9.17) is 14.7 Å². The van der Waals surface area contributed by atoms with Crippen LogP contribution in [-0.4, -0.2) is 55.8 Å². The van der Waals surface area contributed by atoms with Crippen molar-refractivity contribution in [2.45, 2.75) is 19.5 Å². The molecule has 1 saturated heterocycles. The first-order valence-electron chi connectivity index (χ1n) is 10.9. The zero-order valence-corrected chi connectivity index (χ0v) is 19.8. The van der Waals surface area contributed by atoms with Crippen LogP contribution in [0.4, 0.5) is 5.82 Å². The standard InChI is InChI=1S/C23H23N7OS2/c1-15(22-28-27-19-6-2-3-7-30(19)22)24-21-20-16(17-5-4-12-32-17)14-33-23(20)26-18(25-21)13-29-8-10-31-11-9-29/h2-7,12,14-15H,8-11,13H2,1H3,(H,24,25,26). The molecule has 8 nitrogen and oxygen atoms in total. The van der Waals surface area contributed by atoms with Crippen molar-refractivity contribution in [3.8, 4) is 10.4 Å². The third kappa shape index (κ3) is 3.99. The molecule has 5 aromatic rings. The molecule has 5 aromatic heterocycles. The number of aromatic nitrogens is 5. The maximum Gasteiger partial charge on any atom is 0.160 e. The molecule has 1 unspecified atom stereocenters. The van der Waals surface area contributed by atoms with Gasteiger partial charge in [-0.05, 0) is 30.5 Å². The van der Waals surface area contributed by atoms with E-state index >= 15 is 0 Å². The summed E-state index contributed by atoms with van der Waals surface area (Å²) in [5, 5.41) is 17.7. The number of nitrogens with one attached hydrogen (secondary N) is 1. The number of fused-ring (bicyclic) bond motifs is 2. The largest absolute Gasteiger partial charge is 0.379 e. The van der Waals surface area contributed by atoms with E-state index < -0.39 is 0 Å². The van der Waals surface area contributed by atoms with Crippen LogP contribution in [0.3, 0.4) is 0 Å². The summed E-state index contributed by atoms with van der Waals surface area (Å²) in [7, 11) is 0. The van der Waals surface area contributed by atoms with Crippen LogP contribution < -0.4 is 5.32 Å². The van der Waals surface area contributed by atoms with E-state index in [2.05, 4.69) is 50.2 Å². The summed E-state index contributed by atoms with van der Waals surface area (Å²) in [5.41, 5.74) is 2.00. The SMILES string of the molecule is CC(Nc1nc(CN2CCOCC2)nc2scc(-c3cccs3)c12)c1nnc2ccccn12. The van der Waals surface area contributed by atoms with E-state index in [1.807, 2.05) is 28.8 Å². The summed E-state index contributed by atoms with van der Waals surface area (Å²) in [6.45, 7) is 6.12. The van der Waals surface area contributed by atoms with Crippen LogP contribution in [0.2, 0.25) is 0 Å². The van der Waals surface area contributed by atoms with Gasteiger partial charge in [0.25, 0.3) is 0 Å². The van der Waals surface area contributed by atoms with Crippen LogP contribution in [0.15, 0.2) is 47.3 Å². The Bertz CT molecular complexity index is 1390. The van der Waals surface area contributed by atoms with E-state index in [1.165, 1.54) is 10.4 Å². The summed E-state index contributed by atoms with van der Waals surface area (Å²) in [6, 6.07) is 10.1. The molecule has 0 spiro atoms. The molecule has 0 aromatic carbocycles. The number of rotatable bonds is 6. The summed E-state index contributed by atoms with van der Waals surface area (Å²) >= 11 is 3.40. The fraction of sp³-hybridized carbons (Fsp3) is 0.304. The van der Waals surface area contributed by atoms with Crippen molar-refractivity contribution in [3.05, 3.63) is 58.9 Å². The molecule has 6 rings (SSSR count). The third-order valence-corrected chi connectivity index (χ3v) is 7.59. The van der Waals surface area contributed by atoms with E-state index in [-0.39, 0.29) is 6.04 Å². The Morgan fingerprint density at radius 2 is 2.00 bits per heavy atom. The Morgan fingerprint density at radius 1 is 1.09 bits per heavy atom. The van der Waals surface area contributed by atoms with Gasteiger partial charge in [0.2, 0.25) is 0 Å². The molecule has 1 N–H and O–H groups in total. The maximum absolute atomic E-state index is 5.50. The minimum Gasteiger partial charge on any atom is -0.379 e. The Labute approximate surface area is 198 Å². The smallest absolute Gasteiger partial charge is 0.160 e. The van der Waals surface area contributed by atoms with Gasteiger partial charge in [-0.2, -0.15) is 0 Å². The molecule has 33 heavy (non-hydrogen) atoms. The highest BCUT2D eigenvalue weighted by Crippen LogP contribution is 2.39. The number of nitrogens with zero attached hydrogens (tertiary/aromatic N) is 6. The molecule has 0 amide bonds. The molecule has 0 saturated carbocycles. The molecule has 1 aliphatic rings. The van der Waals surface area contributed by atoms with E-state index in [0.29, 0.717) is 6.54 Å². The number of morpholine rings is 1. The predicted molar refractivity (Wildman–Crippen MR) is 132 cm³/mol. The van der Waals surface area contributed by atoms with Gasteiger partial charge >= 0.3 is 0 Å². The minimum atomic E-state index is -0.0900. The maximum atomic E-state index is 5.50. The first kappa shape index (κ1) is 20.7. The molecule has 1 aliphatic heterocycles. The normalized spacial score (nSPS) is 15.9. The van der Waals surface area contributed by atoms with Crippen LogP contribution in [0.25, 0.3) is 26.3 Å².